The second-order valence-electron chi connectivity index (χ2n) is 5.82. The summed E-state index contributed by atoms with van der Waals surface area (Å²) in [5, 5.41) is 13.8. The van der Waals surface area contributed by atoms with Crippen LogP contribution in [0.1, 0.15) is 37.8 Å². The van der Waals surface area contributed by atoms with Crippen molar-refractivity contribution in [3.63, 3.8) is 0 Å². The van der Waals surface area contributed by atoms with Crippen LogP contribution in [0.15, 0.2) is 16.6 Å². The predicted molar refractivity (Wildman–Crippen MR) is 88.6 cm³/mol. The van der Waals surface area contributed by atoms with Crippen LogP contribution in [0, 0.1) is 0 Å². The Labute approximate surface area is 141 Å². The lowest BCUT2D eigenvalue weighted by atomic mass is 9.87. The molecule has 2 rings (SSSR count). The van der Waals surface area contributed by atoms with Gasteiger partial charge in [0, 0.05) is 21.8 Å². The van der Waals surface area contributed by atoms with Gasteiger partial charge in [-0.2, -0.15) is 24.9 Å². The molecule has 0 amide bonds. The molecule has 2 nitrogen and oxygen atoms in total. The van der Waals surface area contributed by atoms with Crippen LogP contribution in [0.2, 0.25) is 0 Å². The third-order valence-corrected chi connectivity index (χ3v) is 5.87. The van der Waals surface area contributed by atoms with Gasteiger partial charge in [0.15, 0.2) is 0 Å². The molecule has 0 aromatic heterocycles. The molecule has 1 aromatic rings. The summed E-state index contributed by atoms with van der Waals surface area (Å²) in [7, 11) is 0. The first kappa shape index (κ1) is 17.9. The lowest BCUT2D eigenvalue weighted by molar-refractivity contribution is -0.138. The van der Waals surface area contributed by atoms with E-state index in [1.54, 1.807) is 18.7 Å². The first-order valence-corrected chi connectivity index (χ1v) is 9.00. The van der Waals surface area contributed by atoms with Crippen LogP contribution in [0.25, 0.3) is 0 Å². The van der Waals surface area contributed by atoms with Gasteiger partial charge in [-0.25, -0.2) is 0 Å². The van der Waals surface area contributed by atoms with Gasteiger partial charge in [0.25, 0.3) is 0 Å². The molecule has 0 spiro atoms. The Kier molecular flexibility index (Phi) is 5.09. The zero-order valence-electron chi connectivity index (χ0n) is 12.6. The second-order valence-corrected chi connectivity index (χ2v) is 7.95. The van der Waals surface area contributed by atoms with E-state index in [9.17, 15) is 18.3 Å². The normalized spacial score (nSPS) is 23.8. The summed E-state index contributed by atoms with van der Waals surface area (Å²) in [6.07, 6.45) is -4.41. The van der Waals surface area contributed by atoms with E-state index in [1.165, 1.54) is 6.07 Å². The maximum Gasteiger partial charge on any atom is 0.417 e. The summed E-state index contributed by atoms with van der Waals surface area (Å²) < 4.78 is 39.0. The van der Waals surface area contributed by atoms with Gasteiger partial charge in [-0.05, 0) is 30.4 Å². The highest BCUT2D eigenvalue weighted by Crippen LogP contribution is 2.46. The molecular formula is C15H19BrF3NOS. The van der Waals surface area contributed by atoms with Crippen LogP contribution in [-0.2, 0) is 6.18 Å². The van der Waals surface area contributed by atoms with Crippen molar-refractivity contribution in [2.24, 2.45) is 0 Å². The van der Waals surface area contributed by atoms with Gasteiger partial charge in [-0.15, -0.1) is 0 Å². The third-order valence-electron chi connectivity index (χ3n) is 4.01. The zero-order valence-corrected chi connectivity index (χ0v) is 15.0. The fourth-order valence-electron chi connectivity index (χ4n) is 2.87. The third kappa shape index (κ3) is 3.41. The molecule has 0 bridgehead atoms. The maximum absolute atomic E-state index is 13.0. The summed E-state index contributed by atoms with van der Waals surface area (Å²) in [6, 6.07) is 2.33. The molecule has 1 heterocycles. The molecule has 3 atom stereocenters. The van der Waals surface area contributed by atoms with Crippen molar-refractivity contribution >= 4 is 33.4 Å². The number of aliphatic hydroxyl groups is 1. The van der Waals surface area contributed by atoms with Gasteiger partial charge in [-0.3, -0.25) is 0 Å². The Bertz CT molecular complexity index is 562. The first-order chi connectivity index (χ1) is 10.1. The SMILES string of the molecule is CCSCC(C)(O)C1Nc2cc(C(F)(F)F)c(Br)cc2C1C. The predicted octanol–water partition coefficient (Wildman–Crippen LogP) is 4.87. The van der Waals surface area contributed by atoms with E-state index in [1.807, 2.05) is 13.8 Å². The van der Waals surface area contributed by atoms with Gasteiger partial charge in [0.05, 0.1) is 17.2 Å². The largest absolute Gasteiger partial charge is 0.417 e. The number of nitrogens with one attached hydrogen (secondary N) is 1. The molecule has 1 aliphatic heterocycles. The molecule has 0 saturated carbocycles. The Morgan fingerprint density at radius 3 is 2.55 bits per heavy atom. The van der Waals surface area contributed by atoms with Gasteiger partial charge in [-0.1, -0.05) is 29.8 Å². The smallest absolute Gasteiger partial charge is 0.387 e. The summed E-state index contributed by atoms with van der Waals surface area (Å²) in [5.74, 6) is 1.35. The lowest BCUT2D eigenvalue weighted by Crippen LogP contribution is -2.47. The molecule has 3 unspecified atom stereocenters. The Hall–Kier alpha value is -0.400. The summed E-state index contributed by atoms with van der Waals surface area (Å²) in [6.45, 7) is 5.66. The van der Waals surface area contributed by atoms with E-state index < -0.39 is 17.3 Å². The molecule has 2 N–H and O–H groups in total. The molecular weight excluding hydrogens is 379 g/mol. The molecule has 1 aromatic carbocycles. The van der Waals surface area contributed by atoms with Crippen LogP contribution in [0.5, 0.6) is 0 Å². The minimum absolute atomic E-state index is 0.0376. The highest BCUT2D eigenvalue weighted by atomic mass is 79.9. The molecule has 7 heteroatoms. The zero-order chi connectivity index (χ0) is 16.7. The quantitative estimate of drug-likeness (QED) is 0.759. The van der Waals surface area contributed by atoms with E-state index in [2.05, 4.69) is 21.2 Å². The van der Waals surface area contributed by atoms with Crippen molar-refractivity contribution in [3.8, 4) is 0 Å². The topological polar surface area (TPSA) is 32.3 Å². The number of thioether (sulfide) groups is 1. The fraction of sp³-hybridized carbons (Fsp3) is 0.600. The summed E-state index contributed by atoms with van der Waals surface area (Å²) in [5.41, 5.74) is -0.445. The van der Waals surface area contributed by atoms with E-state index in [4.69, 9.17) is 0 Å². The number of alkyl halides is 3. The monoisotopic (exact) mass is 397 g/mol. The van der Waals surface area contributed by atoms with Crippen molar-refractivity contribution in [1.29, 1.82) is 0 Å². The van der Waals surface area contributed by atoms with Crippen molar-refractivity contribution < 1.29 is 18.3 Å². The fourth-order valence-corrected chi connectivity index (χ4v) is 4.26. The number of hydrogen-bond donors (Lipinski definition) is 2. The molecule has 0 aliphatic carbocycles. The van der Waals surface area contributed by atoms with Gasteiger partial charge in [0.1, 0.15) is 0 Å². The number of rotatable bonds is 4. The van der Waals surface area contributed by atoms with Crippen LogP contribution in [0.3, 0.4) is 0 Å². The number of anilines is 1. The van der Waals surface area contributed by atoms with Crippen molar-refractivity contribution in [1.82, 2.24) is 0 Å². The standard InChI is InChI=1S/C15H19BrF3NOS/c1-4-22-7-14(3,21)13-8(2)9-5-11(16)10(15(17,18)19)6-12(9)20-13/h5-6,8,13,20-21H,4,7H2,1-3H3. The maximum atomic E-state index is 13.0. The minimum Gasteiger partial charge on any atom is -0.387 e. The number of benzene rings is 1. The Morgan fingerprint density at radius 2 is 2.00 bits per heavy atom. The average Bonchev–Trinajstić information content (AvgIpc) is 2.72. The molecule has 124 valence electrons. The first-order valence-electron chi connectivity index (χ1n) is 7.05. The summed E-state index contributed by atoms with van der Waals surface area (Å²) >= 11 is 4.63. The van der Waals surface area contributed by atoms with E-state index in [0.717, 1.165) is 17.4 Å². The van der Waals surface area contributed by atoms with E-state index in [-0.39, 0.29) is 16.4 Å². The van der Waals surface area contributed by atoms with Crippen molar-refractivity contribution in [2.75, 3.05) is 16.8 Å². The number of hydrogen-bond acceptors (Lipinski definition) is 3. The number of halogens is 4. The molecule has 0 saturated heterocycles. The molecule has 0 fully saturated rings. The average molecular weight is 398 g/mol. The van der Waals surface area contributed by atoms with Crippen molar-refractivity contribution in [3.05, 3.63) is 27.7 Å². The van der Waals surface area contributed by atoms with Crippen LogP contribution in [0.4, 0.5) is 18.9 Å². The Morgan fingerprint density at radius 1 is 1.36 bits per heavy atom. The van der Waals surface area contributed by atoms with Gasteiger partial charge in [0.2, 0.25) is 0 Å². The van der Waals surface area contributed by atoms with Crippen LogP contribution < -0.4 is 5.32 Å². The van der Waals surface area contributed by atoms with E-state index >= 15 is 0 Å². The van der Waals surface area contributed by atoms with Gasteiger partial charge >= 0.3 is 6.18 Å². The van der Waals surface area contributed by atoms with Gasteiger partial charge < -0.3 is 10.4 Å². The summed E-state index contributed by atoms with van der Waals surface area (Å²) in [4.78, 5) is 0. The highest BCUT2D eigenvalue weighted by molar-refractivity contribution is 9.10. The molecule has 0 radical (unpaired) electrons. The highest BCUT2D eigenvalue weighted by Gasteiger charge is 2.43. The number of fused-ring (bicyclic) bond motifs is 1. The van der Waals surface area contributed by atoms with Crippen LogP contribution >= 0.6 is 27.7 Å². The molecule has 1 aliphatic rings. The lowest BCUT2D eigenvalue weighted by Gasteiger charge is -2.33. The Balaban J connectivity index is 2.34. The molecule has 22 heavy (non-hydrogen) atoms. The van der Waals surface area contributed by atoms with Crippen LogP contribution in [-0.4, -0.2) is 28.3 Å². The second kappa shape index (κ2) is 6.24. The minimum atomic E-state index is -4.41. The van der Waals surface area contributed by atoms with E-state index in [0.29, 0.717) is 11.4 Å². The van der Waals surface area contributed by atoms with Crippen molar-refractivity contribution in [2.45, 2.75) is 44.5 Å².